The maximum Gasteiger partial charge on any atom is 0.0910 e. The van der Waals surface area contributed by atoms with Crippen molar-refractivity contribution in [1.29, 1.82) is 0 Å². The number of aromatic nitrogens is 1. The average molecular weight is 301 g/mol. The second kappa shape index (κ2) is 4.88. The van der Waals surface area contributed by atoms with Crippen LogP contribution in [0.1, 0.15) is 29.7 Å². The van der Waals surface area contributed by atoms with Gasteiger partial charge in [-0.2, -0.15) is 0 Å². The number of hydrogen-bond acceptors (Lipinski definition) is 1. The maximum atomic E-state index is 6.26. The van der Waals surface area contributed by atoms with E-state index in [1.807, 2.05) is 12.1 Å². The smallest absolute Gasteiger partial charge is 0.0910 e. The second-order valence-corrected chi connectivity index (χ2v) is 5.67. The van der Waals surface area contributed by atoms with Crippen LogP contribution >= 0.6 is 34.8 Å². The molecule has 1 aliphatic rings. The molecule has 0 unspecified atom stereocenters. The summed E-state index contributed by atoms with van der Waals surface area (Å²) in [6.45, 7) is 0. The standard InChI is InChI=1S/C14H12Cl3N/c15-7-10-8-3-1-2-4-12(8)18-14-9(10)5-6-11(16)13(14)17/h5-6H,1-4,7H2. The zero-order chi connectivity index (χ0) is 12.7. The van der Waals surface area contributed by atoms with Crippen molar-refractivity contribution < 1.29 is 0 Å². The minimum Gasteiger partial charge on any atom is -0.251 e. The first-order chi connectivity index (χ1) is 8.72. The molecule has 3 rings (SSSR count). The molecule has 1 aromatic heterocycles. The molecule has 2 aromatic rings. The molecule has 0 atom stereocenters. The molecular formula is C14H12Cl3N. The summed E-state index contributed by atoms with van der Waals surface area (Å²) in [7, 11) is 0. The van der Waals surface area contributed by atoms with Crippen LogP contribution in [-0.2, 0) is 18.7 Å². The summed E-state index contributed by atoms with van der Waals surface area (Å²) in [5, 5.41) is 2.13. The molecule has 0 fully saturated rings. The second-order valence-electron chi connectivity index (χ2n) is 4.61. The molecule has 0 saturated carbocycles. The van der Waals surface area contributed by atoms with E-state index >= 15 is 0 Å². The van der Waals surface area contributed by atoms with Gasteiger partial charge in [0.05, 0.1) is 15.6 Å². The molecule has 1 nitrogen and oxygen atoms in total. The molecule has 1 aromatic carbocycles. The number of rotatable bonds is 1. The van der Waals surface area contributed by atoms with E-state index in [9.17, 15) is 0 Å². The number of aryl methyl sites for hydroxylation is 1. The highest BCUT2D eigenvalue weighted by atomic mass is 35.5. The lowest BCUT2D eigenvalue weighted by Crippen LogP contribution is -2.09. The molecular weight excluding hydrogens is 289 g/mol. The average Bonchev–Trinajstić information content (AvgIpc) is 2.41. The molecule has 1 heterocycles. The Bertz CT molecular complexity index is 622. The third kappa shape index (κ3) is 1.89. The van der Waals surface area contributed by atoms with Crippen LogP contribution in [0.2, 0.25) is 10.0 Å². The van der Waals surface area contributed by atoms with E-state index in [2.05, 4.69) is 0 Å². The van der Waals surface area contributed by atoms with Gasteiger partial charge < -0.3 is 0 Å². The lowest BCUT2D eigenvalue weighted by atomic mass is 9.90. The molecule has 1 aliphatic carbocycles. The van der Waals surface area contributed by atoms with Crippen LogP contribution in [0.15, 0.2) is 12.1 Å². The Hall–Kier alpha value is -0.500. The minimum absolute atomic E-state index is 0.499. The van der Waals surface area contributed by atoms with Crippen molar-refractivity contribution in [3.05, 3.63) is 39.0 Å². The SMILES string of the molecule is ClCc1c2c(nc3c(Cl)c(Cl)ccc13)CCCC2. The van der Waals surface area contributed by atoms with Crippen LogP contribution in [-0.4, -0.2) is 4.98 Å². The molecule has 0 saturated heterocycles. The van der Waals surface area contributed by atoms with E-state index in [-0.39, 0.29) is 0 Å². The van der Waals surface area contributed by atoms with E-state index in [0.717, 1.165) is 29.4 Å². The molecule has 0 radical (unpaired) electrons. The van der Waals surface area contributed by atoms with E-state index < -0.39 is 0 Å². The van der Waals surface area contributed by atoms with Crippen LogP contribution < -0.4 is 0 Å². The fraction of sp³-hybridized carbons (Fsp3) is 0.357. The normalized spacial score (nSPS) is 14.8. The first kappa shape index (κ1) is 12.5. The number of alkyl halides is 1. The number of fused-ring (bicyclic) bond motifs is 2. The topological polar surface area (TPSA) is 12.9 Å². The molecule has 0 amide bonds. The zero-order valence-electron chi connectivity index (χ0n) is 9.77. The molecule has 0 aliphatic heterocycles. The van der Waals surface area contributed by atoms with Gasteiger partial charge in [0.15, 0.2) is 0 Å². The number of benzene rings is 1. The van der Waals surface area contributed by atoms with Crippen molar-refractivity contribution in [3.63, 3.8) is 0 Å². The lowest BCUT2D eigenvalue weighted by Gasteiger charge is -2.20. The largest absolute Gasteiger partial charge is 0.251 e. The summed E-state index contributed by atoms with van der Waals surface area (Å²) in [4.78, 5) is 4.71. The maximum absolute atomic E-state index is 6.26. The summed E-state index contributed by atoms with van der Waals surface area (Å²) in [6, 6.07) is 3.79. The van der Waals surface area contributed by atoms with Gasteiger partial charge in [-0.15, -0.1) is 11.6 Å². The third-order valence-electron chi connectivity index (χ3n) is 3.58. The fourth-order valence-corrected chi connectivity index (χ4v) is 3.35. The summed E-state index contributed by atoms with van der Waals surface area (Å²) >= 11 is 18.5. The van der Waals surface area contributed by atoms with E-state index in [1.54, 1.807) is 0 Å². The number of halogens is 3. The number of pyridine rings is 1. The molecule has 18 heavy (non-hydrogen) atoms. The number of hydrogen-bond donors (Lipinski definition) is 0. The van der Waals surface area contributed by atoms with Gasteiger partial charge in [-0.1, -0.05) is 29.3 Å². The van der Waals surface area contributed by atoms with Crippen molar-refractivity contribution in [2.24, 2.45) is 0 Å². The van der Waals surface area contributed by atoms with Crippen molar-refractivity contribution in [1.82, 2.24) is 4.98 Å². The third-order valence-corrected chi connectivity index (χ3v) is 4.64. The van der Waals surface area contributed by atoms with Gasteiger partial charge in [0.1, 0.15) is 0 Å². The van der Waals surface area contributed by atoms with Gasteiger partial charge >= 0.3 is 0 Å². The van der Waals surface area contributed by atoms with Gasteiger partial charge in [-0.25, -0.2) is 0 Å². The Kier molecular flexibility index (Phi) is 3.40. The van der Waals surface area contributed by atoms with Gasteiger partial charge in [0.25, 0.3) is 0 Å². The van der Waals surface area contributed by atoms with Gasteiger partial charge in [-0.3, -0.25) is 4.98 Å². The summed E-state index contributed by atoms with van der Waals surface area (Å²) in [6.07, 6.45) is 4.48. The Morgan fingerprint density at radius 1 is 1.11 bits per heavy atom. The minimum atomic E-state index is 0.499. The van der Waals surface area contributed by atoms with E-state index in [0.29, 0.717) is 15.9 Å². The summed E-state index contributed by atoms with van der Waals surface area (Å²) in [5.74, 6) is 0.499. The molecule has 0 spiro atoms. The Balaban J connectivity index is 2.40. The first-order valence-corrected chi connectivity index (χ1v) is 7.35. The molecule has 94 valence electrons. The summed E-state index contributed by atoms with van der Waals surface area (Å²) < 4.78 is 0. The Morgan fingerprint density at radius 3 is 2.67 bits per heavy atom. The van der Waals surface area contributed by atoms with Crippen molar-refractivity contribution in [2.75, 3.05) is 0 Å². The van der Waals surface area contributed by atoms with E-state index in [4.69, 9.17) is 39.8 Å². The molecule has 0 N–H and O–H groups in total. The highest BCUT2D eigenvalue weighted by Gasteiger charge is 2.19. The highest BCUT2D eigenvalue weighted by molar-refractivity contribution is 6.45. The fourth-order valence-electron chi connectivity index (χ4n) is 2.68. The van der Waals surface area contributed by atoms with Crippen molar-refractivity contribution in [2.45, 2.75) is 31.6 Å². The van der Waals surface area contributed by atoms with Crippen molar-refractivity contribution in [3.8, 4) is 0 Å². The summed E-state index contributed by atoms with van der Waals surface area (Å²) in [5.41, 5.74) is 4.44. The van der Waals surface area contributed by atoms with Crippen LogP contribution in [0.3, 0.4) is 0 Å². The Morgan fingerprint density at radius 2 is 1.89 bits per heavy atom. The number of nitrogens with zero attached hydrogens (tertiary/aromatic N) is 1. The van der Waals surface area contributed by atoms with E-state index in [1.165, 1.54) is 24.0 Å². The Labute approximate surface area is 121 Å². The molecule has 4 heteroatoms. The van der Waals surface area contributed by atoms with Crippen LogP contribution in [0.25, 0.3) is 10.9 Å². The quantitative estimate of drug-likeness (QED) is 0.663. The molecule has 0 bridgehead atoms. The van der Waals surface area contributed by atoms with Crippen LogP contribution in [0.4, 0.5) is 0 Å². The predicted octanol–water partition coefficient (Wildman–Crippen LogP) is 5.16. The van der Waals surface area contributed by atoms with Crippen LogP contribution in [0.5, 0.6) is 0 Å². The predicted molar refractivity (Wildman–Crippen MR) is 78.0 cm³/mol. The van der Waals surface area contributed by atoms with Gasteiger partial charge in [0.2, 0.25) is 0 Å². The van der Waals surface area contributed by atoms with Gasteiger partial charge in [0, 0.05) is 17.0 Å². The first-order valence-electron chi connectivity index (χ1n) is 6.06. The lowest BCUT2D eigenvalue weighted by molar-refractivity contribution is 0.667. The highest BCUT2D eigenvalue weighted by Crippen LogP contribution is 2.36. The zero-order valence-corrected chi connectivity index (χ0v) is 12.0. The van der Waals surface area contributed by atoms with Gasteiger partial charge in [-0.05, 0) is 42.9 Å². The van der Waals surface area contributed by atoms with Crippen LogP contribution in [0, 0.1) is 0 Å². The monoisotopic (exact) mass is 299 g/mol. The van der Waals surface area contributed by atoms with Crippen molar-refractivity contribution >= 4 is 45.7 Å².